The van der Waals surface area contributed by atoms with Crippen molar-refractivity contribution in [3.05, 3.63) is 76.7 Å². The molecule has 0 saturated heterocycles. The van der Waals surface area contributed by atoms with Crippen LogP contribution >= 0.6 is 11.6 Å². The molecule has 6 heteroatoms. The summed E-state index contributed by atoms with van der Waals surface area (Å²) in [6, 6.07) is 14.3. The number of aromatic nitrogens is 1. The van der Waals surface area contributed by atoms with Gasteiger partial charge in [-0.2, -0.15) is 0 Å². The third kappa shape index (κ3) is 3.57. The van der Waals surface area contributed by atoms with Crippen LogP contribution in [0.25, 0.3) is 11.3 Å². The van der Waals surface area contributed by atoms with Crippen LogP contribution in [0.4, 0.5) is 4.39 Å². The fourth-order valence-corrected chi connectivity index (χ4v) is 2.10. The van der Waals surface area contributed by atoms with Gasteiger partial charge in [-0.05, 0) is 36.4 Å². The van der Waals surface area contributed by atoms with Crippen LogP contribution in [0.5, 0.6) is 0 Å². The number of hydrogen-bond donors (Lipinski definition) is 0. The number of hydrogen-bond acceptors (Lipinski definition) is 4. The van der Waals surface area contributed by atoms with Crippen molar-refractivity contribution in [1.82, 2.24) is 5.16 Å². The van der Waals surface area contributed by atoms with Gasteiger partial charge in [0.2, 0.25) is 0 Å². The molecule has 1 aromatic heterocycles. The van der Waals surface area contributed by atoms with E-state index in [0.29, 0.717) is 16.5 Å². The maximum Gasteiger partial charge on any atom is 0.341 e. The minimum atomic E-state index is -0.751. The van der Waals surface area contributed by atoms with E-state index in [9.17, 15) is 9.18 Å². The second-order valence-electron chi connectivity index (χ2n) is 4.75. The highest BCUT2D eigenvalue weighted by Gasteiger charge is 2.14. The van der Waals surface area contributed by atoms with Crippen molar-refractivity contribution < 1.29 is 18.4 Å². The highest BCUT2D eigenvalue weighted by molar-refractivity contribution is 6.30. The molecule has 3 aromatic rings. The number of halogens is 2. The predicted molar refractivity (Wildman–Crippen MR) is 82.5 cm³/mol. The number of carbonyl (C=O) groups excluding carboxylic acids is 1. The predicted octanol–water partition coefficient (Wildman–Crippen LogP) is 4.49. The Labute approximate surface area is 136 Å². The van der Waals surface area contributed by atoms with Gasteiger partial charge >= 0.3 is 5.97 Å². The number of nitrogens with zero attached hydrogens (tertiary/aromatic N) is 1. The number of rotatable bonds is 4. The van der Waals surface area contributed by atoms with Gasteiger partial charge in [0.1, 0.15) is 18.1 Å². The number of esters is 1. The fourth-order valence-electron chi connectivity index (χ4n) is 1.97. The molecule has 0 fully saturated rings. The molecule has 23 heavy (non-hydrogen) atoms. The summed E-state index contributed by atoms with van der Waals surface area (Å²) >= 11 is 5.83. The fraction of sp³-hybridized carbons (Fsp3) is 0.0588. The Morgan fingerprint density at radius 1 is 1.17 bits per heavy atom. The number of carbonyl (C=O) groups is 1. The van der Waals surface area contributed by atoms with E-state index in [1.807, 2.05) is 0 Å². The van der Waals surface area contributed by atoms with E-state index in [-0.39, 0.29) is 12.2 Å². The molecule has 3 rings (SSSR count). The topological polar surface area (TPSA) is 52.3 Å². The van der Waals surface area contributed by atoms with Crippen LogP contribution in [0.1, 0.15) is 16.1 Å². The maximum absolute atomic E-state index is 13.5. The summed E-state index contributed by atoms with van der Waals surface area (Å²) in [7, 11) is 0. The lowest BCUT2D eigenvalue weighted by atomic mass is 10.2. The lowest BCUT2D eigenvalue weighted by Crippen LogP contribution is -2.07. The van der Waals surface area contributed by atoms with Crippen molar-refractivity contribution in [2.75, 3.05) is 0 Å². The van der Waals surface area contributed by atoms with Crippen LogP contribution in [0.2, 0.25) is 5.02 Å². The highest BCUT2D eigenvalue weighted by Crippen LogP contribution is 2.22. The molecule has 0 unspecified atom stereocenters. The molecule has 0 atom stereocenters. The van der Waals surface area contributed by atoms with E-state index in [1.165, 1.54) is 18.2 Å². The first-order valence-electron chi connectivity index (χ1n) is 6.76. The molecule has 116 valence electrons. The van der Waals surface area contributed by atoms with Gasteiger partial charge in [0, 0.05) is 16.7 Å². The maximum atomic E-state index is 13.5. The number of benzene rings is 2. The summed E-state index contributed by atoms with van der Waals surface area (Å²) in [4.78, 5) is 11.8. The third-order valence-electron chi connectivity index (χ3n) is 3.13. The normalized spacial score (nSPS) is 10.5. The number of ether oxygens (including phenoxy) is 1. The molecule has 4 nitrogen and oxygen atoms in total. The lowest BCUT2D eigenvalue weighted by Gasteiger charge is -2.02. The van der Waals surface area contributed by atoms with Gasteiger partial charge in [-0.1, -0.05) is 28.9 Å². The van der Waals surface area contributed by atoms with Gasteiger partial charge in [0.15, 0.2) is 5.76 Å². The van der Waals surface area contributed by atoms with E-state index >= 15 is 0 Å². The summed E-state index contributed by atoms with van der Waals surface area (Å²) in [5, 5.41) is 4.44. The van der Waals surface area contributed by atoms with Gasteiger partial charge < -0.3 is 9.26 Å². The lowest BCUT2D eigenvalue weighted by molar-refractivity contribution is 0.0459. The summed E-state index contributed by atoms with van der Waals surface area (Å²) < 4.78 is 23.7. The van der Waals surface area contributed by atoms with E-state index in [0.717, 1.165) is 5.56 Å². The van der Waals surface area contributed by atoms with E-state index < -0.39 is 11.8 Å². The molecule has 2 aromatic carbocycles. The second-order valence-corrected chi connectivity index (χ2v) is 5.18. The first kappa shape index (κ1) is 15.2. The Morgan fingerprint density at radius 3 is 2.65 bits per heavy atom. The summed E-state index contributed by atoms with van der Waals surface area (Å²) in [5.41, 5.74) is 1.11. The largest absolute Gasteiger partial charge is 0.455 e. The molecule has 0 bridgehead atoms. The summed E-state index contributed by atoms with van der Waals surface area (Å²) in [6.45, 7) is -0.107. The van der Waals surface area contributed by atoms with Gasteiger partial charge in [0.05, 0.1) is 5.56 Å². The van der Waals surface area contributed by atoms with E-state index in [4.69, 9.17) is 20.9 Å². The van der Waals surface area contributed by atoms with Crippen LogP contribution in [-0.2, 0) is 11.3 Å². The third-order valence-corrected chi connectivity index (χ3v) is 3.38. The smallest absolute Gasteiger partial charge is 0.341 e. The Bertz CT molecular complexity index is 830. The molecule has 0 N–H and O–H groups in total. The molecular weight excluding hydrogens is 321 g/mol. The van der Waals surface area contributed by atoms with Gasteiger partial charge in [-0.3, -0.25) is 0 Å². The monoisotopic (exact) mass is 331 g/mol. The summed E-state index contributed by atoms with van der Waals surface area (Å²) in [5.74, 6) is -0.850. The minimum absolute atomic E-state index is 0.107. The summed E-state index contributed by atoms with van der Waals surface area (Å²) in [6.07, 6.45) is 0. The molecule has 1 heterocycles. The zero-order valence-electron chi connectivity index (χ0n) is 11.8. The molecule has 0 aliphatic heterocycles. The minimum Gasteiger partial charge on any atom is -0.455 e. The first-order chi connectivity index (χ1) is 11.1. The van der Waals surface area contributed by atoms with Gasteiger partial charge in [-0.25, -0.2) is 9.18 Å². The zero-order chi connectivity index (χ0) is 16.2. The second kappa shape index (κ2) is 6.62. The SMILES string of the molecule is O=C(OCc1cc(-c2ccc(Cl)cc2)on1)c1ccccc1F. The van der Waals surface area contributed by atoms with Crippen molar-refractivity contribution >= 4 is 17.6 Å². The van der Waals surface area contributed by atoms with Crippen molar-refractivity contribution in [2.24, 2.45) is 0 Å². The molecular formula is C17H11ClFNO3. The van der Waals surface area contributed by atoms with E-state index in [1.54, 1.807) is 36.4 Å². The quantitative estimate of drug-likeness (QED) is 0.661. The average Bonchev–Trinajstić information content (AvgIpc) is 3.03. The standard InChI is InChI=1S/C17H11ClFNO3/c18-12-7-5-11(6-8-12)16-9-13(20-23-16)10-22-17(21)14-3-1-2-4-15(14)19/h1-9H,10H2. The molecule has 0 radical (unpaired) electrons. The van der Waals surface area contributed by atoms with E-state index in [2.05, 4.69) is 5.16 Å². The van der Waals surface area contributed by atoms with Crippen LogP contribution in [0, 0.1) is 5.82 Å². The zero-order valence-corrected chi connectivity index (χ0v) is 12.6. The molecule has 0 spiro atoms. The van der Waals surface area contributed by atoms with Crippen molar-refractivity contribution in [2.45, 2.75) is 6.61 Å². The average molecular weight is 332 g/mol. The van der Waals surface area contributed by atoms with Crippen molar-refractivity contribution in [3.8, 4) is 11.3 Å². The highest BCUT2D eigenvalue weighted by atomic mass is 35.5. The van der Waals surface area contributed by atoms with Crippen molar-refractivity contribution in [3.63, 3.8) is 0 Å². The molecule has 0 saturated carbocycles. The van der Waals surface area contributed by atoms with Crippen LogP contribution in [0.3, 0.4) is 0 Å². The van der Waals surface area contributed by atoms with Crippen molar-refractivity contribution in [1.29, 1.82) is 0 Å². The van der Waals surface area contributed by atoms with Crippen LogP contribution in [0.15, 0.2) is 59.1 Å². The van der Waals surface area contributed by atoms with Crippen LogP contribution in [-0.4, -0.2) is 11.1 Å². The Kier molecular flexibility index (Phi) is 4.39. The molecule has 0 amide bonds. The molecule has 0 aliphatic carbocycles. The van der Waals surface area contributed by atoms with Gasteiger partial charge in [-0.15, -0.1) is 0 Å². The van der Waals surface area contributed by atoms with Gasteiger partial charge in [0.25, 0.3) is 0 Å². The molecule has 0 aliphatic rings. The Balaban J connectivity index is 1.67. The van der Waals surface area contributed by atoms with Crippen LogP contribution < -0.4 is 0 Å². The Morgan fingerprint density at radius 2 is 1.91 bits per heavy atom. The Hall–Kier alpha value is -2.66. The first-order valence-corrected chi connectivity index (χ1v) is 7.14.